The molecule has 1 N–H and O–H groups in total. The van der Waals surface area contributed by atoms with Crippen molar-refractivity contribution in [3.8, 4) is 16.9 Å². The highest BCUT2D eigenvalue weighted by Gasteiger charge is 2.15. The van der Waals surface area contributed by atoms with Crippen LogP contribution >= 0.6 is 23.2 Å². The summed E-state index contributed by atoms with van der Waals surface area (Å²) in [6.07, 6.45) is 5.65. The van der Waals surface area contributed by atoms with Gasteiger partial charge >= 0.3 is 0 Å². The molecule has 0 unspecified atom stereocenters. The lowest BCUT2D eigenvalue weighted by Crippen LogP contribution is -2.33. The lowest BCUT2D eigenvalue weighted by molar-refractivity contribution is 0.183. The largest absolute Gasteiger partial charge is 0.492 e. The smallest absolute Gasteiger partial charge is 0.258 e. The van der Waals surface area contributed by atoms with Crippen LogP contribution in [-0.2, 0) is 7.05 Å². The third kappa shape index (κ3) is 5.36. The number of ether oxygens (including phenoxy) is 1. The second kappa shape index (κ2) is 10.9. The Morgan fingerprint density at radius 1 is 1.00 bits per heavy atom. The number of pyridine rings is 2. The zero-order chi connectivity index (χ0) is 25.1. The maximum atomic E-state index is 13.2. The monoisotopic (exact) mass is 522 g/mol. The van der Waals surface area contributed by atoms with Crippen molar-refractivity contribution < 1.29 is 4.74 Å². The molecule has 2 aromatic heterocycles. The van der Waals surface area contributed by atoms with Crippen molar-refractivity contribution in [3.05, 3.63) is 81.2 Å². The molecule has 8 heteroatoms. The number of anilines is 2. The van der Waals surface area contributed by atoms with Crippen LogP contribution in [-0.4, -0.2) is 40.7 Å². The number of fused-ring (bicyclic) bond motifs is 1. The molecular weight excluding hydrogens is 495 g/mol. The van der Waals surface area contributed by atoms with E-state index in [4.69, 9.17) is 27.9 Å². The van der Waals surface area contributed by atoms with Gasteiger partial charge in [-0.3, -0.25) is 9.69 Å². The van der Waals surface area contributed by atoms with E-state index in [1.54, 1.807) is 42.1 Å². The summed E-state index contributed by atoms with van der Waals surface area (Å²) >= 11 is 12.7. The number of aromatic nitrogens is 2. The van der Waals surface area contributed by atoms with E-state index in [0.29, 0.717) is 33.6 Å². The second-order valence-electron chi connectivity index (χ2n) is 9.05. The quantitative estimate of drug-likeness (QED) is 0.299. The van der Waals surface area contributed by atoms with Crippen molar-refractivity contribution >= 4 is 45.6 Å². The summed E-state index contributed by atoms with van der Waals surface area (Å²) in [7, 11) is 1.73. The van der Waals surface area contributed by atoms with Gasteiger partial charge in [-0.1, -0.05) is 35.7 Å². The highest BCUT2D eigenvalue weighted by molar-refractivity contribution is 6.39. The number of hydrogen-bond donors (Lipinski definition) is 1. The molecule has 1 saturated heterocycles. The van der Waals surface area contributed by atoms with E-state index < -0.39 is 0 Å². The fourth-order valence-electron chi connectivity index (χ4n) is 4.62. The van der Waals surface area contributed by atoms with Gasteiger partial charge in [0.1, 0.15) is 18.2 Å². The standard InChI is InChI=1S/C28H28Cl2N4O2/c1-33-25-17-26(31-18-19(25)16-22(28(33)35)27-23(29)6-5-7-24(27)30)32-20-8-10-21(11-9-20)36-15-14-34-12-3-2-4-13-34/h5-11,16-18H,2-4,12-15H2,1H3,(H,31,32). The minimum atomic E-state index is -0.180. The summed E-state index contributed by atoms with van der Waals surface area (Å²) in [5.74, 6) is 1.48. The first-order chi connectivity index (χ1) is 17.5. The van der Waals surface area contributed by atoms with E-state index in [-0.39, 0.29) is 5.56 Å². The van der Waals surface area contributed by atoms with Gasteiger partial charge < -0.3 is 14.6 Å². The molecule has 36 heavy (non-hydrogen) atoms. The van der Waals surface area contributed by atoms with Gasteiger partial charge in [0.15, 0.2) is 0 Å². The minimum absolute atomic E-state index is 0.180. The predicted molar refractivity (Wildman–Crippen MR) is 148 cm³/mol. The zero-order valence-corrected chi connectivity index (χ0v) is 21.6. The fraction of sp³-hybridized carbons (Fsp3) is 0.286. The molecule has 0 radical (unpaired) electrons. The van der Waals surface area contributed by atoms with Crippen LogP contribution in [0.25, 0.3) is 22.0 Å². The van der Waals surface area contributed by atoms with Gasteiger partial charge in [-0.25, -0.2) is 4.98 Å². The number of hydrogen-bond acceptors (Lipinski definition) is 5. The third-order valence-corrected chi connectivity index (χ3v) is 7.22. The molecule has 0 bridgehead atoms. The van der Waals surface area contributed by atoms with Gasteiger partial charge in [0.2, 0.25) is 0 Å². The van der Waals surface area contributed by atoms with Crippen LogP contribution in [0.1, 0.15) is 19.3 Å². The van der Waals surface area contributed by atoms with Gasteiger partial charge in [0.05, 0.1) is 21.1 Å². The Balaban J connectivity index is 1.30. The highest BCUT2D eigenvalue weighted by atomic mass is 35.5. The first kappa shape index (κ1) is 24.6. The van der Waals surface area contributed by atoms with Gasteiger partial charge in [-0.15, -0.1) is 0 Å². The molecule has 0 amide bonds. The summed E-state index contributed by atoms with van der Waals surface area (Å²) in [5, 5.41) is 4.99. The topological polar surface area (TPSA) is 59.4 Å². The Labute approximate surface area is 220 Å². The molecule has 2 aromatic carbocycles. The Bertz CT molecular complexity index is 1410. The van der Waals surface area contributed by atoms with Crippen LogP contribution in [0, 0.1) is 0 Å². The summed E-state index contributed by atoms with van der Waals surface area (Å²) in [4.78, 5) is 20.2. The van der Waals surface area contributed by atoms with E-state index in [2.05, 4.69) is 15.2 Å². The van der Waals surface area contributed by atoms with Crippen molar-refractivity contribution in [1.82, 2.24) is 14.5 Å². The molecule has 186 valence electrons. The molecule has 4 aromatic rings. The number of nitrogens with one attached hydrogen (secondary N) is 1. The van der Waals surface area contributed by atoms with E-state index >= 15 is 0 Å². The van der Waals surface area contributed by atoms with Crippen molar-refractivity contribution in [2.24, 2.45) is 7.05 Å². The second-order valence-corrected chi connectivity index (χ2v) is 9.86. The van der Waals surface area contributed by atoms with Crippen molar-refractivity contribution in [3.63, 3.8) is 0 Å². The number of benzene rings is 2. The molecule has 5 rings (SSSR count). The van der Waals surface area contributed by atoms with E-state index in [9.17, 15) is 4.79 Å². The van der Waals surface area contributed by atoms with Crippen molar-refractivity contribution in [1.29, 1.82) is 0 Å². The molecule has 1 aliphatic rings. The highest BCUT2D eigenvalue weighted by Crippen LogP contribution is 2.34. The normalized spacial score (nSPS) is 14.2. The van der Waals surface area contributed by atoms with Gasteiger partial charge in [-0.05, 0) is 68.4 Å². The molecule has 0 spiro atoms. The maximum absolute atomic E-state index is 13.2. The average molecular weight is 523 g/mol. The molecule has 6 nitrogen and oxygen atoms in total. The Hall–Kier alpha value is -3.06. The van der Waals surface area contributed by atoms with Crippen LogP contribution in [0.3, 0.4) is 0 Å². The average Bonchev–Trinajstić information content (AvgIpc) is 2.89. The van der Waals surface area contributed by atoms with E-state index in [1.165, 1.54) is 32.4 Å². The number of aryl methyl sites for hydroxylation is 1. The van der Waals surface area contributed by atoms with E-state index in [0.717, 1.165) is 28.9 Å². The third-order valence-electron chi connectivity index (χ3n) is 6.59. The summed E-state index contributed by atoms with van der Waals surface area (Å²) < 4.78 is 7.52. The Morgan fingerprint density at radius 3 is 2.44 bits per heavy atom. The summed E-state index contributed by atoms with van der Waals surface area (Å²) in [6.45, 7) is 4.00. The Morgan fingerprint density at radius 2 is 1.72 bits per heavy atom. The van der Waals surface area contributed by atoms with Crippen LogP contribution in [0.2, 0.25) is 10.0 Å². The molecule has 0 aliphatic carbocycles. The lowest BCUT2D eigenvalue weighted by atomic mass is 10.1. The predicted octanol–water partition coefficient (Wildman–Crippen LogP) is 6.52. The SMILES string of the molecule is Cn1c(=O)c(-c2c(Cl)cccc2Cl)cc2cnc(Nc3ccc(OCCN4CCCCC4)cc3)cc21. The number of halogens is 2. The van der Waals surface area contributed by atoms with Gasteiger partial charge in [0, 0.05) is 42.5 Å². The molecule has 1 fully saturated rings. The molecule has 3 heterocycles. The zero-order valence-electron chi connectivity index (χ0n) is 20.1. The fourth-order valence-corrected chi connectivity index (χ4v) is 5.23. The van der Waals surface area contributed by atoms with Gasteiger partial charge in [0.25, 0.3) is 5.56 Å². The van der Waals surface area contributed by atoms with Crippen molar-refractivity contribution in [2.45, 2.75) is 19.3 Å². The Kier molecular flexibility index (Phi) is 7.46. The first-order valence-corrected chi connectivity index (χ1v) is 12.9. The number of nitrogens with zero attached hydrogens (tertiary/aromatic N) is 3. The number of likely N-dealkylation sites (tertiary alicyclic amines) is 1. The molecule has 0 atom stereocenters. The minimum Gasteiger partial charge on any atom is -0.492 e. The summed E-state index contributed by atoms with van der Waals surface area (Å²) in [5.41, 5.74) is 2.43. The van der Waals surface area contributed by atoms with Crippen LogP contribution in [0.5, 0.6) is 5.75 Å². The first-order valence-electron chi connectivity index (χ1n) is 12.2. The molecular formula is C28H28Cl2N4O2. The van der Waals surface area contributed by atoms with Crippen LogP contribution < -0.4 is 15.6 Å². The number of rotatable bonds is 7. The molecule has 1 aliphatic heterocycles. The lowest BCUT2D eigenvalue weighted by Gasteiger charge is -2.26. The van der Waals surface area contributed by atoms with Gasteiger partial charge in [-0.2, -0.15) is 0 Å². The van der Waals surface area contributed by atoms with Crippen LogP contribution in [0.4, 0.5) is 11.5 Å². The van der Waals surface area contributed by atoms with Crippen LogP contribution in [0.15, 0.2) is 65.6 Å². The summed E-state index contributed by atoms with van der Waals surface area (Å²) in [6, 6.07) is 16.7. The molecule has 0 saturated carbocycles. The number of piperidine rings is 1. The van der Waals surface area contributed by atoms with E-state index in [1.807, 2.05) is 30.3 Å². The van der Waals surface area contributed by atoms with Crippen molar-refractivity contribution in [2.75, 3.05) is 31.6 Å². The maximum Gasteiger partial charge on any atom is 0.258 e.